The number of hydrogen-bond acceptors (Lipinski definition) is 4. The molecule has 6 heteroatoms. The fourth-order valence-electron chi connectivity index (χ4n) is 4.30. The van der Waals surface area contributed by atoms with Gasteiger partial charge in [-0.15, -0.1) is 0 Å². The van der Waals surface area contributed by atoms with E-state index in [9.17, 15) is 9.59 Å². The van der Waals surface area contributed by atoms with E-state index < -0.39 is 5.92 Å². The Labute approximate surface area is 171 Å². The van der Waals surface area contributed by atoms with Crippen molar-refractivity contribution < 1.29 is 19.1 Å². The van der Waals surface area contributed by atoms with Crippen molar-refractivity contribution in [3.05, 3.63) is 71.3 Å². The van der Waals surface area contributed by atoms with E-state index in [-0.39, 0.29) is 17.9 Å². The number of rotatable bonds is 5. The van der Waals surface area contributed by atoms with E-state index in [0.29, 0.717) is 45.0 Å². The van der Waals surface area contributed by atoms with Crippen LogP contribution in [-0.4, -0.2) is 68.2 Å². The van der Waals surface area contributed by atoms with Crippen LogP contribution in [0.25, 0.3) is 0 Å². The lowest BCUT2D eigenvalue weighted by atomic mass is 9.78. The maximum absolute atomic E-state index is 13.7. The Morgan fingerprint density at radius 2 is 1.76 bits per heavy atom. The Bertz CT molecular complexity index is 864. The van der Waals surface area contributed by atoms with Crippen molar-refractivity contribution in [2.75, 3.05) is 46.6 Å². The van der Waals surface area contributed by atoms with Crippen molar-refractivity contribution in [3.63, 3.8) is 0 Å². The number of carbonyl (C=O) groups excluding carboxylic acids is 2. The summed E-state index contributed by atoms with van der Waals surface area (Å²) in [6, 6.07) is 16.9. The summed E-state index contributed by atoms with van der Waals surface area (Å²) < 4.78 is 10.7. The summed E-state index contributed by atoms with van der Waals surface area (Å²) >= 11 is 0. The quantitative estimate of drug-likeness (QED) is 0.782. The minimum absolute atomic E-state index is 0.0459. The molecular weight excluding hydrogens is 368 g/mol. The van der Waals surface area contributed by atoms with Gasteiger partial charge in [-0.3, -0.25) is 9.59 Å². The normalized spacial score (nSPS) is 21.8. The summed E-state index contributed by atoms with van der Waals surface area (Å²) in [4.78, 5) is 30.8. The van der Waals surface area contributed by atoms with Crippen LogP contribution in [0.5, 0.6) is 0 Å². The molecule has 1 saturated heterocycles. The zero-order valence-corrected chi connectivity index (χ0v) is 16.6. The van der Waals surface area contributed by atoms with Crippen LogP contribution in [0.3, 0.4) is 0 Å². The van der Waals surface area contributed by atoms with Crippen molar-refractivity contribution in [2.45, 2.75) is 12.0 Å². The molecule has 152 valence electrons. The van der Waals surface area contributed by atoms with Crippen LogP contribution in [0.4, 0.5) is 0 Å². The SMILES string of the molecule is COCCN1C(=O)c2ccccc2[C@@H](C(=O)N2CCOCC2)[C@H]1c1ccccc1. The van der Waals surface area contributed by atoms with Crippen LogP contribution in [0.1, 0.15) is 33.4 Å². The highest BCUT2D eigenvalue weighted by atomic mass is 16.5. The van der Waals surface area contributed by atoms with Gasteiger partial charge in [0.2, 0.25) is 5.91 Å². The molecule has 2 aromatic rings. The molecule has 0 unspecified atom stereocenters. The highest BCUT2D eigenvalue weighted by Crippen LogP contribution is 2.43. The van der Waals surface area contributed by atoms with Crippen molar-refractivity contribution in [3.8, 4) is 0 Å². The van der Waals surface area contributed by atoms with Crippen molar-refractivity contribution >= 4 is 11.8 Å². The Balaban J connectivity index is 1.83. The van der Waals surface area contributed by atoms with E-state index >= 15 is 0 Å². The van der Waals surface area contributed by atoms with E-state index in [4.69, 9.17) is 9.47 Å². The molecule has 6 nitrogen and oxygen atoms in total. The molecule has 0 spiro atoms. The largest absolute Gasteiger partial charge is 0.383 e. The van der Waals surface area contributed by atoms with Gasteiger partial charge >= 0.3 is 0 Å². The van der Waals surface area contributed by atoms with Crippen LogP contribution in [0.2, 0.25) is 0 Å². The van der Waals surface area contributed by atoms with E-state index in [1.807, 2.05) is 59.5 Å². The lowest BCUT2D eigenvalue weighted by molar-refractivity contribution is -0.138. The van der Waals surface area contributed by atoms with Gasteiger partial charge in [-0.25, -0.2) is 0 Å². The maximum Gasteiger partial charge on any atom is 0.254 e. The molecule has 0 aromatic heterocycles. The first-order valence-electron chi connectivity index (χ1n) is 10.0. The standard InChI is InChI=1S/C23H26N2O4/c1-28-14-13-25-21(17-7-3-2-4-8-17)20(23(27)24-11-15-29-16-12-24)18-9-5-6-10-19(18)22(25)26/h2-10,20-21H,11-16H2,1H3/t20-,21-/m1/s1. The predicted molar refractivity (Wildman–Crippen MR) is 109 cm³/mol. The lowest BCUT2D eigenvalue weighted by Gasteiger charge is -2.43. The topological polar surface area (TPSA) is 59.1 Å². The lowest BCUT2D eigenvalue weighted by Crippen LogP contribution is -2.51. The number of methoxy groups -OCH3 is 1. The number of nitrogens with zero attached hydrogens (tertiary/aromatic N) is 2. The molecule has 29 heavy (non-hydrogen) atoms. The Morgan fingerprint density at radius 3 is 2.48 bits per heavy atom. The molecule has 2 aliphatic rings. The Kier molecular flexibility index (Phi) is 5.92. The first-order valence-corrected chi connectivity index (χ1v) is 10.0. The van der Waals surface area contributed by atoms with Crippen molar-refractivity contribution in [2.24, 2.45) is 0 Å². The summed E-state index contributed by atoms with van der Waals surface area (Å²) in [5, 5.41) is 0. The molecule has 0 bridgehead atoms. The van der Waals surface area contributed by atoms with Gasteiger partial charge < -0.3 is 19.3 Å². The van der Waals surface area contributed by atoms with Gasteiger partial charge in [0.15, 0.2) is 0 Å². The third kappa shape index (κ3) is 3.78. The second kappa shape index (κ2) is 8.76. The highest BCUT2D eigenvalue weighted by Gasteiger charge is 2.45. The number of ether oxygens (including phenoxy) is 2. The molecular formula is C23H26N2O4. The van der Waals surface area contributed by atoms with E-state index in [1.165, 1.54) is 0 Å². The van der Waals surface area contributed by atoms with Gasteiger partial charge in [-0.05, 0) is 17.2 Å². The van der Waals surface area contributed by atoms with Gasteiger partial charge in [-0.2, -0.15) is 0 Å². The zero-order valence-electron chi connectivity index (χ0n) is 16.6. The molecule has 1 fully saturated rings. The van der Waals surface area contributed by atoms with Crippen LogP contribution in [0, 0.1) is 0 Å². The summed E-state index contributed by atoms with van der Waals surface area (Å²) in [5.74, 6) is -0.469. The van der Waals surface area contributed by atoms with Crippen molar-refractivity contribution in [1.29, 1.82) is 0 Å². The fraction of sp³-hybridized carbons (Fsp3) is 0.391. The van der Waals surface area contributed by atoms with Gasteiger partial charge in [0.1, 0.15) is 0 Å². The number of fused-ring (bicyclic) bond motifs is 1. The molecule has 0 radical (unpaired) electrons. The van der Waals surface area contributed by atoms with Gasteiger partial charge in [0.25, 0.3) is 5.91 Å². The first-order chi connectivity index (χ1) is 14.2. The molecule has 2 aliphatic heterocycles. The second-order valence-electron chi connectivity index (χ2n) is 7.35. The molecule has 2 amide bonds. The van der Waals surface area contributed by atoms with Gasteiger partial charge in [0.05, 0.1) is 31.8 Å². The molecule has 0 saturated carbocycles. The minimum atomic E-state index is -0.457. The molecule has 2 heterocycles. The molecule has 0 aliphatic carbocycles. The zero-order chi connectivity index (χ0) is 20.2. The predicted octanol–water partition coefficient (Wildman–Crippen LogP) is 2.47. The second-order valence-corrected chi connectivity index (χ2v) is 7.35. The number of morpholine rings is 1. The molecule has 4 rings (SSSR count). The fourth-order valence-corrected chi connectivity index (χ4v) is 4.30. The van der Waals surface area contributed by atoms with Gasteiger partial charge in [0, 0.05) is 32.3 Å². The van der Waals surface area contributed by atoms with Crippen LogP contribution < -0.4 is 0 Å². The van der Waals surface area contributed by atoms with Crippen LogP contribution in [-0.2, 0) is 14.3 Å². The summed E-state index contributed by atoms with van der Waals surface area (Å²) in [5.41, 5.74) is 2.36. The van der Waals surface area contributed by atoms with Crippen LogP contribution in [0.15, 0.2) is 54.6 Å². The highest BCUT2D eigenvalue weighted by molar-refractivity contribution is 6.01. The summed E-state index contributed by atoms with van der Waals surface area (Å²) in [6.07, 6.45) is 0. The third-order valence-electron chi connectivity index (χ3n) is 5.70. The summed E-state index contributed by atoms with van der Waals surface area (Å²) in [6.45, 7) is 3.08. The number of amides is 2. The van der Waals surface area contributed by atoms with Crippen molar-refractivity contribution in [1.82, 2.24) is 9.80 Å². The third-order valence-corrected chi connectivity index (χ3v) is 5.70. The monoisotopic (exact) mass is 394 g/mol. The van der Waals surface area contributed by atoms with Gasteiger partial charge in [-0.1, -0.05) is 48.5 Å². The molecule has 2 atom stereocenters. The average Bonchev–Trinajstić information content (AvgIpc) is 2.79. The molecule has 0 N–H and O–H groups in total. The van der Waals surface area contributed by atoms with Crippen LogP contribution >= 0.6 is 0 Å². The number of carbonyl (C=O) groups is 2. The minimum Gasteiger partial charge on any atom is -0.383 e. The number of hydrogen-bond donors (Lipinski definition) is 0. The molecule has 2 aromatic carbocycles. The van der Waals surface area contributed by atoms with E-state index in [1.54, 1.807) is 12.0 Å². The smallest absolute Gasteiger partial charge is 0.254 e. The maximum atomic E-state index is 13.7. The van der Waals surface area contributed by atoms with E-state index in [0.717, 1.165) is 11.1 Å². The Hall–Kier alpha value is -2.70. The average molecular weight is 394 g/mol. The number of benzene rings is 2. The Morgan fingerprint density at radius 1 is 1.07 bits per heavy atom. The van der Waals surface area contributed by atoms with E-state index in [2.05, 4.69) is 0 Å². The summed E-state index contributed by atoms with van der Waals surface area (Å²) in [7, 11) is 1.62. The first kappa shape index (κ1) is 19.6.